The van der Waals surface area contributed by atoms with Gasteiger partial charge in [0.2, 0.25) is 0 Å². The number of methoxy groups -OCH3 is 1. The molecule has 0 aliphatic heterocycles. The van der Waals surface area contributed by atoms with Crippen molar-refractivity contribution in [1.82, 2.24) is 5.32 Å². The van der Waals surface area contributed by atoms with Gasteiger partial charge in [0.05, 0.1) is 7.11 Å². The minimum absolute atomic E-state index is 0.0510. The Morgan fingerprint density at radius 1 is 1.29 bits per heavy atom. The van der Waals surface area contributed by atoms with Crippen molar-refractivity contribution in [3.05, 3.63) is 23.3 Å². The Morgan fingerprint density at radius 3 is 2.41 bits per heavy atom. The number of likely N-dealkylation sites (N-methyl/N-ethyl adjacent to an activating group) is 1. The third-order valence-electron chi connectivity index (χ3n) is 2.88. The molecule has 0 saturated carbocycles. The van der Waals surface area contributed by atoms with Gasteiger partial charge < -0.3 is 15.2 Å². The van der Waals surface area contributed by atoms with Gasteiger partial charge in [0, 0.05) is 0 Å². The van der Waals surface area contributed by atoms with Gasteiger partial charge in [0.15, 0.2) is 11.5 Å². The van der Waals surface area contributed by atoms with Crippen LogP contribution in [0.3, 0.4) is 0 Å². The van der Waals surface area contributed by atoms with Gasteiger partial charge in [-0.25, -0.2) is 0 Å². The number of phenolic OH excluding ortho intramolecular Hbond substituents is 1. The van der Waals surface area contributed by atoms with Crippen LogP contribution in [-0.4, -0.2) is 25.8 Å². The second-order valence-corrected chi connectivity index (χ2v) is 5.29. The Morgan fingerprint density at radius 2 is 1.94 bits per heavy atom. The van der Waals surface area contributed by atoms with Crippen LogP contribution in [0, 0.1) is 0 Å². The summed E-state index contributed by atoms with van der Waals surface area (Å²) in [5, 5.41) is 13.1. The van der Waals surface area contributed by atoms with Gasteiger partial charge in [-0.3, -0.25) is 0 Å². The number of nitrogens with one attached hydrogen (secondary N) is 1. The highest BCUT2D eigenvalue weighted by molar-refractivity contribution is 5.50. The van der Waals surface area contributed by atoms with Crippen LogP contribution in [0.2, 0.25) is 0 Å². The van der Waals surface area contributed by atoms with E-state index in [4.69, 9.17) is 4.74 Å². The van der Waals surface area contributed by atoms with E-state index in [0.717, 1.165) is 18.5 Å². The maximum atomic E-state index is 10.1. The minimum Gasteiger partial charge on any atom is -0.504 e. The molecule has 3 heteroatoms. The molecule has 0 unspecified atom stereocenters. The predicted octanol–water partition coefficient (Wildman–Crippen LogP) is 2.46. The maximum Gasteiger partial charge on any atom is 0.161 e. The first-order valence-corrected chi connectivity index (χ1v) is 5.95. The number of phenols is 1. The molecular weight excluding hydrogens is 214 g/mol. The summed E-state index contributed by atoms with van der Waals surface area (Å²) in [4.78, 5) is 0. The summed E-state index contributed by atoms with van der Waals surface area (Å²) in [6.45, 7) is 7.30. The van der Waals surface area contributed by atoms with E-state index >= 15 is 0 Å². The fourth-order valence-electron chi connectivity index (χ4n) is 1.70. The summed E-state index contributed by atoms with van der Waals surface area (Å²) in [5.41, 5.74) is 2.16. The van der Waals surface area contributed by atoms with Crippen molar-refractivity contribution >= 4 is 0 Å². The second-order valence-electron chi connectivity index (χ2n) is 5.29. The molecule has 0 aromatic heterocycles. The molecule has 17 heavy (non-hydrogen) atoms. The molecule has 0 fully saturated rings. The number of aromatic hydroxyl groups is 1. The zero-order chi connectivity index (χ0) is 13.1. The van der Waals surface area contributed by atoms with Crippen molar-refractivity contribution in [2.24, 2.45) is 0 Å². The maximum absolute atomic E-state index is 10.1. The molecular formula is C14H23NO2. The first-order valence-electron chi connectivity index (χ1n) is 5.95. The van der Waals surface area contributed by atoms with E-state index in [1.54, 1.807) is 7.11 Å². The number of benzene rings is 1. The quantitative estimate of drug-likeness (QED) is 0.845. The monoisotopic (exact) mass is 237 g/mol. The van der Waals surface area contributed by atoms with Crippen molar-refractivity contribution in [3.8, 4) is 11.5 Å². The van der Waals surface area contributed by atoms with Gasteiger partial charge in [0.25, 0.3) is 0 Å². The summed E-state index contributed by atoms with van der Waals surface area (Å²) >= 11 is 0. The zero-order valence-corrected chi connectivity index (χ0v) is 11.4. The molecule has 3 nitrogen and oxygen atoms in total. The number of rotatable bonds is 4. The number of hydrogen-bond donors (Lipinski definition) is 2. The highest BCUT2D eigenvalue weighted by atomic mass is 16.5. The SMILES string of the molecule is CNCCc1cc(C(C)(C)C)cc(OC)c1O. The molecule has 0 aliphatic rings. The smallest absolute Gasteiger partial charge is 0.161 e. The van der Waals surface area contributed by atoms with E-state index in [9.17, 15) is 5.11 Å². The van der Waals surface area contributed by atoms with Gasteiger partial charge in [0.1, 0.15) is 0 Å². The summed E-state index contributed by atoms with van der Waals surface area (Å²) in [6, 6.07) is 3.98. The predicted molar refractivity (Wildman–Crippen MR) is 71.0 cm³/mol. The summed E-state index contributed by atoms with van der Waals surface area (Å²) in [5.74, 6) is 0.819. The number of hydrogen-bond acceptors (Lipinski definition) is 3. The topological polar surface area (TPSA) is 41.5 Å². The molecule has 96 valence electrons. The summed E-state index contributed by atoms with van der Waals surface area (Å²) < 4.78 is 5.23. The van der Waals surface area contributed by atoms with E-state index in [2.05, 4.69) is 32.2 Å². The van der Waals surface area contributed by atoms with Crippen LogP contribution in [0.25, 0.3) is 0 Å². The fraction of sp³-hybridized carbons (Fsp3) is 0.571. The van der Waals surface area contributed by atoms with E-state index in [0.29, 0.717) is 5.75 Å². The standard InChI is InChI=1S/C14H23NO2/c1-14(2,3)11-8-10(6-7-15-4)13(16)12(9-11)17-5/h8-9,15-16H,6-7H2,1-5H3. The third kappa shape index (κ3) is 3.37. The molecule has 0 heterocycles. The molecule has 0 aliphatic carbocycles. The molecule has 0 radical (unpaired) electrons. The van der Waals surface area contributed by atoms with Gasteiger partial charge in [-0.2, -0.15) is 0 Å². The van der Waals surface area contributed by atoms with E-state index in [1.807, 2.05) is 13.1 Å². The van der Waals surface area contributed by atoms with E-state index in [1.165, 1.54) is 5.56 Å². The van der Waals surface area contributed by atoms with Crippen molar-refractivity contribution in [3.63, 3.8) is 0 Å². The van der Waals surface area contributed by atoms with Gasteiger partial charge in [-0.1, -0.05) is 26.8 Å². The Hall–Kier alpha value is -1.22. The van der Waals surface area contributed by atoms with Crippen LogP contribution in [-0.2, 0) is 11.8 Å². The molecule has 1 aromatic rings. The van der Waals surface area contributed by atoms with Crippen molar-refractivity contribution in [2.45, 2.75) is 32.6 Å². The summed E-state index contributed by atoms with van der Waals surface area (Å²) in [7, 11) is 3.49. The van der Waals surface area contributed by atoms with Crippen molar-refractivity contribution in [1.29, 1.82) is 0 Å². The van der Waals surface area contributed by atoms with Crippen LogP contribution >= 0.6 is 0 Å². The molecule has 0 bridgehead atoms. The molecule has 1 aromatic carbocycles. The normalized spacial score (nSPS) is 11.6. The van der Waals surface area contributed by atoms with Crippen molar-refractivity contribution < 1.29 is 9.84 Å². The fourth-order valence-corrected chi connectivity index (χ4v) is 1.70. The third-order valence-corrected chi connectivity index (χ3v) is 2.88. The van der Waals surface area contributed by atoms with Crippen LogP contribution in [0.5, 0.6) is 11.5 Å². The first kappa shape index (κ1) is 13.8. The highest BCUT2D eigenvalue weighted by Crippen LogP contribution is 2.35. The van der Waals surface area contributed by atoms with Gasteiger partial charge in [-0.05, 0) is 42.6 Å². The lowest BCUT2D eigenvalue weighted by Crippen LogP contribution is -2.14. The van der Waals surface area contributed by atoms with Crippen LogP contribution in [0.4, 0.5) is 0 Å². The van der Waals surface area contributed by atoms with E-state index in [-0.39, 0.29) is 11.2 Å². The Labute approximate surface area is 104 Å². The van der Waals surface area contributed by atoms with Crippen LogP contribution < -0.4 is 10.1 Å². The molecule has 1 rings (SSSR count). The second kappa shape index (κ2) is 5.41. The average Bonchev–Trinajstić information content (AvgIpc) is 2.26. The Balaban J connectivity index is 3.19. The van der Waals surface area contributed by atoms with Gasteiger partial charge >= 0.3 is 0 Å². The van der Waals surface area contributed by atoms with Crippen LogP contribution in [0.15, 0.2) is 12.1 Å². The van der Waals surface area contributed by atoms with Crippen LogP contribution in [0.1, 0.15) is 31.9 Å². The summed E-state index contributed by atoms with van der Waals surface area (Å²) in [6.07, 6.45) is 0.794. The molecule has 0 spiro atoms. The molecule has 2 N–H and O–H groups in total. The lowest BCUT2D eigenvalue weighted by atomic mass is 9.85. The molecule has 0 amide bonds. The zero-order valence-electron chi connectivity index (χ0n) is 11.4. The van der Waals surface area contributed by atoms with Gasteiger partial charge in [-0.15, -0.1) is 0 Å². The van der Waals surface area contributed by atoms with E-state index < -0.39 is 0 Å². The Kier molecular flexibility index (Phi) is 4.40. The minimum atomic E-state index is 0.0510. The largest absolute Gasteiger partial charge is 0.504 e. The molecule has 0 saturated heterocycles. The first-order chi connectivity index (χ1) is 7.90. The molecule has 0 atom stereocenters. The van der Waals surface area contributed by atoms with Crippen molar-refractivity contribution in [2.75, 3.05) is 20.7 Å². The lowest BCUT2D eigenvalue weighted by Gasteiger charge is -2.22. The Bertz CT molecular complexity index is 381. The highest BCUT2D eigenvalue weighted by Gasteiger charge is 2.18. The average molecular weight is 237 g/mol. The lowest BCUT2D eigenvalue weighted by molar-refractivity contribution is 0.368. The number of ether oxygens (including phenoxy) is 1.